The second kappa shape index (κ2) is 7.63. The van der Waals surface area contributed by atoms with Gasteiger partial charge >= 0.3 is 0 Å². The standard InChI is InChI=1S/C17H22BrN3O2/c18-15-10-12(11-19)9-14(17(15)22)16(13-1-7-23-8-2-13)21-5-3-20-4-6-21/h9-10,13,16,20,22H,1-8H2/t16-/m1/s1. The van der Waals surface area contributed by atoms with Crippen LogP contribution in [0.4, 0.5) is 0 Å². The highest BCUT2D eigenvalue weighted by Crippen LogP contribution is 2.42. The van der Waals surface area contributed by atoms with Gasteiger partial charge in [0.15, 0.2) is 0 Å². The molecule has 0 radical (unpaired) electrons. The van der Waals surface area contributed by atoms with Gasteiger partial charge in [-0.25, -0.2) is 0 Å². The van der Waals surface area contributed by atoms with Crippen molar-refractivity contribution in [3.8, 4) is 11.8 Å². The maximum absolute atomic E-state index is 10.6. The number of nitriles is 1. The van der Waals surface area contributed by atoms with Gasteiger partial charge in [-0.1, -0.05) is 0 Å². The van der Waals surface area contributed by atoms with Crippen LogP contribution in [-0.2, 0) is 4.74 Å². The molecule has 6 heteroatoms. The summed E-state index contributed by atoms with van der Waals surface area (Å²) in [6, 6.07) is 5.86. The Balaban J connectivity index is 2.00. The van der Waals surface area contributed by atoms with Crippen molar-refractivity contribution < 1.29 is 9.84 Å². The van der Waals surface area contributed by atoms with Crippen molar-refractivity contribution in [2.24, 2.45) is 5.92 Å². The van der Waals surface area contributed by atoms with Crippen LogP contribution in [0, 0.1) is 17.2 Å². The molecule has 1 aromatic rings. The molecular formula is C17H22BrN3O2. The number of benzene rings is 1. The molecule has 0 bridgehead atoms. The molecule has 2 heterocycles. The van der Waals surface area contributed by atoms with Gasteiger partial charge in [0.05, 0.1) is 16.1 Å². The zero-order chi connectivity index (χ0) is 16.2. The van der Waals surface area contributed by atoms with E-state index in [1.165, 1.54) is 0 Å². The van der Waals surface area contributed by atoms with E-state index in [0.717, 1.165) is 57.8 Å². The number of ether oxygens (including phenoxy) is 1. The third-order valence-electron chi connectivity index (χ3n) is 4.80. The minimum absolute atomic E-state index is 0.130. The first-order valence-electron chi connectivity index (χ1n) is 8.15. The van der Waals surface area contributed by atoms with Gasteiger partial charge in [-0.3, -0.25) is 4.90 Å². The third kappa shape index (κ3) is 3.69. The first kappa shape index (κ1) is 16.7. The third-order valence-corrected chi connectivity index (χ3v) is 5.40. The number of phenols is 1. The lowest BCUT2D eigenvalue weighted by Crippen LogP contribution is -2.47. The molecule has 0 saturated carbocycles. The van der Waals surface area contributed by atoms with Crippen molar-refractivity contribution in [2.75, 3.05) is 39.4 Å². The first-order chi connectivity index (χ1) is 11.2. The van der Waals surface area contributed by atoms with E-state index in [4.69, 9.17) is 4.74 Å². The normalized spacial score (nSPS) is 21.7. The molecule has 5 nitrogen and oxygen atoms in total. The van der Waals surface area contributed by atoms with Gasteiger partial charge in [-0.05, 0) is 46.8 Å². The fraction of sp³-hybridized carbons (Fsp3) is 0.588. The molecule has 3 rings (SSSR count). The van der Waals surface area contributed by atoms with Gasteiger partial charge in [0.25, 0.3) is 0 Å². The SMILES string of the molecule is N#Cc1cc(Br)c(O)c([C@@H](C2CCOCC2)N2CCNCC2)c1. The number of hydrogen-bond donors (Lipinski definition) is 2. The lowest BCUT2D eigenvalue weighted by Gasteiger charge is -2.41. The summed E-state index contributed by atoms with van der Waals surface area (Å²) in [5.74, 6) is 0.701. The predicted octanol–water partition coefficient (Wildman–Crippen LogP) is 2.40. The summed E-state index contributed by atoms with van der Waals surface area (Å²) in [6.07, 6.45) is 1.98. The molecule has 2 N–H and O–H groups in total. The van der Waals surface area contributed by atoms with Crippen molar-refractivity contribution in [2.45, 2.75) is 18.9 Å². The van der Waals surface area contributed by atoms with Gasteiger partial charge in [-0.15, -0.1) is 0 Å². The molecule has 0 amide bonds. The second-order valence-corrected chi connectivity index (χ2v) is 7.04. The first-order valence-corrected chi connectivity index (χ1v) is 8.95. The van der Waals surface area contributed by atoms with E-state index >= 15 is 0 Å². The fourth-order valence-corrected chi connectivity index (χ4v) is 4.13. The number of rotatable bonds is 3. The Morgan fingerprint density at radius 2 is 2.00 bits per heavy atom. The van der Waals surface area contributed by atoms with Crippen LogP contribution in [0.1, 0.15) is 30.0 Å². The van der Waals surface area contributed by atoms with E-state index in [1.807, 2.05) is 6.07 Å². The highest BCUT2D eigenvalue weighted by molar-refractivity contribution is 9.10. The Kier molecular flexibility index (Phi) is 5.54. The molecule has 0 aromatic heterocycles. The van der Waals surface area contributed by atoms with Crippen LogP contribution < -0.4 is 5.32 Å². The predicted molar refractivity (Wildman–Crippen MR) is 91.2 cm³/mol. The molecule has 1 atom stereocenters. The highest BCUT2D eigenvalue weighted by atomic mass is 79.9. The maximum Gasteiger partial charge on any atom is 0.134 e. The zero-order valence-electron chi connectivity index (χ0n) is 13.1. The van der Waals surface area contributed by atoms with Crippen molar-refractivity contribution in [1.82, 2.24) is 10.2 Å². The number of phenolic OH excluding ortho intramolecular Hbond substituents is 1. The largest absolute Gasteiger partial charge is 0.506 e. The Labute approximate surface area is 145 Å². The molecule has 2 fully saturated rings. The molecule has 124 valence electrons. The second-order valence-electron chi connectivity index (χ2n) is 6.19. The summed E-state index contributed by atoms with van der Waals surface area (Å²) >= 11 is 3.40. The van der Waals surface area contributed by atoms with Crippen LogP contribution in [0.15, 0.2) is 16.6 Å². The topological polar surface area (TPSA) is 68.5 Å². The Morgan fingerprint density at radius 1 is 1.30 bits per heavy atom. The van der Waals surface area contributed by atoms with Crippen LogP contribution in [0.25, 0.3) is 0 Å². The number of nitrogens with one attached hydrogen (secondary N) is 1. The van der Waals surface area contributed by atoms with E-state index in [-0.39, 0.29) is 11.8 Å². The Hall–Kier alpha value is -1.13. The average Bonchev–Trinajstić information content (AvgIpc) is 2.60. The van der Waals surface area contributed by atoms with Crippen LogP contribution in [0.3, 0.4) is 0 Å². The Bertz CT molecular complexity index is 572. The quantitative estimate of drug-likeness (QED) is 0.843. The molecule has 2 aliphatic rings. The molecule has 0 spiro atoms. The molecule has 0 unspecified atom stereocenters. The summed E-state index contributed by atoms with van der Waals surface area (Å²) in [6.45, 7) is 5.37. The van der Waals surface area contributed by atoms with E-state index < -0.39 is 0 Å². The molecular weight excluding hydrogens is 358 g/mol. The van der Waals surface area contributed by atoms with Crippen molar-refractivity contribution in [1.29, 1.82) is 5.26 Å². The van der Waals surface area contributed by atoms with Gasteiger partial charge < -0.3 is 15.2 Å². The van der Waals surface area contributed by atoms with Gasteiger partial charge in [0.2, 0.25) is 0 Å². The fourth-order valence-electron chi connectivity index (χ4n) is 3.65. The maximum atomic E-state index is 10.6. The Morgan fingerprint density at radius 3 is 2.65 bits per heavy atom. The van der Waals surface area contributed by atoms with E-state index in [2.05, 4.69) is 32.2 Å². The molecule has 0 aliphatic carbocycles. The van der Waals surface area contributed by atoms with Gasteiger partial charge in [-0.2, -0.15) is 5.26 Å². The van der Waals surface area contributed by atoms with E-state index in [0.29, 0.717) is 16.0 Å². The van der Waals surface area contributed by atoms with Crippen molar-refractivity contribution >= 4 is 15.9 Å². The lowest BCUT2D eigenvalue weighted by molar-refractivity contribution is 0.0206. The highest BCUT2D eigenvalue weighted by Gasteiger charge is 2.33. The zero-order valence-corrected chi connectivity index (χ0v) is 14.7. The van der Waals surface area contributed by atoms with Gasteiger partial charge in [0, 0.05) is 51.0 Å². The summed E-state index contributed by atoms with van der Waals surface area (Å²) in [7, 11) is 0. The molecule has 1 aromatic carbocycles. The van der Waals surface area contributed by atoms with Crippen LogP contribution >= 0.6 is 15.9 Å². The van der Waals surface area contributed by atoms with Crippen LogP contribution in [-0.4, -0.2) is 49.4 Å². The van der Waals surface area contributed by atoms with E-state index in [9.17, 15) is 10.4 Å². The van der Waals surface area contributed by atoms with Crippen LogP contribution in [0.2, 0.25) is 0 Å². The molecule has 2 saturated heterocycles. The summed E-state index contributed by atoms with van der Waals surface area (Å²) in [5.41, 5.74) is 1.45. The van der Waals surface area contributed by atoms with Crippen molar-refractivity contribution in [3.63, 3.8) is 0 Å². The average molecular weight is 380 g/mol. The van der Waals surface area contributed by atoms with Crippen molar-refractivity contribution in [3.05, 3.63) is 27.7 Å². The summed E-state index contributed by atoms with van der Waals surface area (Å²) < 4.78 is 6.11. The van der Waals surface area contributed by atoms with Gasteiger partial charge in [0.1, 0.15) is 5.75 Å². The lowest BCUT2D eigenvalue weighted by atomic mass is 9.84. The summed E-state index contributed by atoms with van der Waals surface area (Å²) in [5, 5.41) is 23.3. The summed E-state index contributed by atoms with van der Waals surface area (Å²) in [4.78, 5) is 2.44. The number of piperazine rings is 1. The molecule has 2 aliphatic heterocycles. The number of hydrogen-bond acceptors (Lipinski definition) is 5. The minimum atomic E-state index is 0.130. The molecule has 23 heavy (non-hydrogen) atoms. The monoisotopic (exact) mass is 379 g/mol. The number of nitrogens with zero attached hydrogens (tertiary/aromatic N) is 2. The smallest absolute Gasteiger partial charge is 0.134 e. The van der Waals surface area contributed by atoms with Crippen LogP contribution in [0.5, 0.6) is 5.75 Å². The van der Waals surface area contributed by atoms with E-state index in [1.54, 1.807) is 6.07 Å². The number of aromatic hydroxyl groups is 1. The minimum Gasteiger partial charge on any atom is -0.506 e. The number of halogens is 1.